The minimum absolute atomic E-state index is 0.00266. The highest BCUT2D eigenvalue weighted by molar-refractivity contribution is 6.32. The van der Waals surface area contributed by atoms with Crippen LogP contribution in [0.15, 0.2) is 23.9 Å². The van der Waals surface area contributed by atoms with E-state index < -0.39 is 11.9 Å². The third kappa shape index (κ3) is 5.11. The smallest absolute Gasteiger partial charge is 0.311 e. The lowest BCUT2D eigenvalue weighted by Gasteiger charge is -2.27. The van der Waals surface area contributed by atoms with Crippen LogP contribution in [0.2, 0.25) is 5.02 Å². The molecule has 4 rings (SSSR count). The summed E-state index contributed by atoms with van der Waals surface area (Å²) in [6, 6.07) is 3.40. The first-order chi connectivity index (χ1) is 15.9. The molecule has 1 saturated heterocycles. The average molecular weight is 477 g/mol. The summed E-state index contributed by atoms with van der Waals surface area (Å²) < 4.78 is 16.0. The predicted octanol–water partition coefficient (Wildman–Crippen LogP) is 3.70. The molecular formula is C24H29ClN2O6. The highest BCUT2D eigenvalue weighted by Gasteiger charge is 2.39. The Morgan fingerprint density at radius 2 is 1.91 bits per heavy atom. The number of ether oxygens (including phenoxy) is 3. The second-order valence-electron chi connectivity index (χ2n) is 8.61. The summed E-state index contributed by atoms with van der Waals surface area (Å²) in [4.78, 5) is 41.5. The molecule has 8 nitrogen and oxygen atoms in total. The number of benzene rings is 1. The van der Waals surface area contributed by atoms with Crippen LogP contribution in [0.1, 0.15) is 44.9 Å². The Morgan fingerprint density at radius 3 is 2.55 bits per heavy atom. The van der Waals surface area contributed by atoms with E-state index in [1.54, 1.807) is 12.1 Å². The maximum atomic E-state index is 12.9. The van der Waals surface area contributed by atoms with Gasteiger partial charge in [0.05, 0.1) is 30.8 Å². The van der Waals surface area contributed by atoms with Gasteiger partial charge < -0.3 is 24.0 Å². The Morgan fingerprint density at radius 1 is 1.15 bits per heavy atom. The second kappa shape index (κ2) is 10.0. The van der Waals surface area contributed by atoms with E-state index >= 15 is 0 Å². The van der Waals surface area contributed by atoms with Crippen LogP contribution in [0.5, 0.6) is 11.5 Å². The molecule has 2 fully saturated rings. The van der Waals surface area contributed by atoms with Crippen LogP contribution in [0.3, 0.4) is 0 Å². The fourth-order valence-corrected chi connectivity index (χ4v) is 4.68. The molecular weight excluding hydrogens is 448 g/mol. The predicted molar refractivity (Wildman–Crippen MR) is 122 cm³/mol. The zero-order valence-corrected chi connectivity index (χ0v) is 19.7. The number of anilines is 1. The molecule has 0 radical (unpaired) electrons. The average Bonchev–Trinajstić information content (AvgIpc) is 3.58. The molecule has 0 spiro atoms. The van der Waals surface area contributed by atoms with Crippen molar-refractivity contribution in [1.29, 1.82) is 0 Å². The number of carbonyl (C=O) groups is 3. The van der Waals surface area contributed by atoms with E-state index in [4.69, 9.17) is 25.8 Å². The van der Waals surface area contributed by atoms with Gasteiger partial charge in [-0.2, -0.15) is 0 Å². The maximum absolute atomic E-state index is 12.9. The Labute approximate surface area is 198 Å². The van der Waals surface area contributed by atoms with Gasteiger partial charge in [0.15, 0.2) is 6.61 Å². The Hall–Kier alpha value is -2.74. The van der Waals surface area contributed by atoms with E-state index in [0.29, 0.717) is 22.2 Å². The van der Waals surface area contributed by atoms with Crippen molar-refractivity contribution in [3.05, 3.63) is 28.9 Å². The van der Waals surface area contributed by atoms with Crippen molar-refractivity contribution in [2.75, 3.05) is 32.3 Å². The van der Waals surface area contributed by atoms with Gasteiger partial charge in [0.1, 0.15) is 11.5 Å². The normalized spacial score (nSPS) is 20.3. The molecule has 2 aliphatic carbocycles. The first kappa shape index (κ1) is 23.4. The zero-order valence-electron chi connectivity index (χ0n) is 19.0. The van der Waals surface area contributed by atoms with Crippen molar-refractivity contribution in [3.63, 3.8) is 0 Å². The lowest BCUT2D eigenvalue weighted by molar-refractivity contribution is -0.154. The number of rotatable bonds is 8. The summed E-state index contributed by atoms with van der Waals surface area (Å²) in [6.07, 6.45) is 8.16. The number of halogens is 1. The van der Waals surface area contributed by atoms with Crippen molar-refractivity contribution in [3.8, 4) is 11.5 Å². The van der Waals surface area contributed by atoms with Crippen molar-refractivity contribution >= 4 is 35.1 Å². The van der Waals surface area contributed by atoms with Gasteiger partial charge in [-0.1, -0.05) is 17.7 Å². The third-order valence-corrected chi connectivity index (χ3v) is 6.59. The topological polar surface area (TPSA) is 85.4 Å². The molecule has 178 valence electrons. The summed E-state index contributed by atoms with van der Waals surface area (Å²) in [5.74, 6) is -0.815. The Bertz CT molecular complexity index is 974. The molecule has 1 heterocycles. The molecule has 33 heavy (non-hydrogen) atoms. The van der Waals surface area contributed by atoms with Gasteiger partial charge in [-0.25, -0.2) is 0 Å². The van der Waals surface area contributed by atoms with Crippen molar-refractivity contribution < 1.29 is 28.6 Å². The van der Waals surface area contributed by atoms with E-state index in [9.17, 15) is 14.4 Å². The highest BCUT2D eigenvalue weighted by Crippen LogP contribution is 2.40. The van der Waals surface area contributed by atoms with Crippen molar-refractivity contribution in [1.82, 2.24) is 4.90 Å². The summed E-state index contributed by atoms with van der Waals surface area (Å²) in [6.45, 7) is -0.183. The molecule has 2 amide bonds. The lowest BCUT2D eigenvalue weighted by Crippen LogP contribution is -2.37. The van der Waals surface area contributed by atoms with E-state index in [1.165, 1.54) is 19.1 Å². The van der Waals surface area contributed by atoms with Crippen LogP contribution in [-0.2, 0) is 19.1 Å². The number of hydrogen-bond acceptors (Lipinski definition) is 6. The van der Waals surface area contributed by atoms with E-state index in [2.05, 4.69) is 6.08 Å². The van der Waals surface area contributed by atoms with Crippen LogP contribution in [0, 0.1) is 5.92 Å². The standard InChI is InChI=1S/C24H29ClN2O6/c1-31-20-12-21(32-2)19(11-18(20)25)26-13-15(10-22(26)28)24(30)33-14-23(29)27(17-8-9-17)16-6-4-3-5-7-16/h6,11-12,15,17H,3-5,7-10,13-14H2,1-2H3. The zero-order chi connectivity index (χ0) is 23.5. The van der Waals surface area contributed by atoms with Crippen LogP contribution in [-0.4, -0.2) is 56.1 Å². The molecule has 1 unspecified atom stereocenters. The molecule has 3 aliphatic rings. The molecule has 1 saturated carbocycles. The number of nitrogens with zero attached hydrogens (tertiary/aromatic N) is 2. The first-order valence-corrected chi connectivity index (χ1v) is 11.7. The van der Waals surface area contributed by atoms with E-state index in [-0.39, 0.29) is 37.4 Å². The minimum atomic E-state index is -0.667. The summed E-state index contributed by atoms with van der Waals surface area (Å²) in [5.41, 5.74) is 1.51. The number of hydrogen-bond donors (Lipinski definition) is 0. The maximum Gasteiger partial charge on any atom is 0.311 e. The summed E-state index contributed by atoms with van der Waals surface area (Å²) in [7, 11) is 2.97. The van der Waals surface area contributed by atoms with Crippen LogP contribution >= 0.6 is 11.6 Å². The van der Waals surface area contributed by atoms with Crippen LogP contribution in [0.25, 0.3) is 0 Å². The van der Waals surface area contributed by atoms with Gasteiger partial charge in [0, 0.05) is 30.8 Å². The number of allylic oxidation sites excluding steroid dienone is 2. The summed E-state index contributed by atoms with van der Waals surface area (Å²) in [5, 5.41) is 0.329. The lowest BCUT2D eigenvalue weighted by atomic mass is 10.0. The second-order valence-corrected chi connectivity index (χ2v) is 9.02. The molecule has 1 atom stereocenters. The molecule has 1 aromatic carbocycles. The number of amides is 2. The van der Waals surface area contributed by atoms with Gasteiger partial charge in [-0.15, -0.1) is 0 Å². The summed E-state index contributed by atoms with van der Waals surface area (Å²) >= 11 is 6.24. The van der Waals surface area contributed by atoms with Crippen LogP contribution in [0.4, 0.5) is 5.69 Å². The van der Waals surface area contributed by atoms with Gasteiger partial charge in [-0.3, -0.25) is 14.4 Å². The largest absolute Gasteiger partial charge is 0.495 e. The highest BCUT2D eigenvalue weighted by atomic mass is 35.5. The van der Waals surface area contributed by atoms with Crippen LogP contribution < -0.4 is 14.4 Å². The third-order valence-electron chi connectivity index (χ3n) is 6.30. The monoisotopic (exact) mass is 476 g/mol. The fourth-order valence-electron chi connectivity index (χ4n) is 4.44. The quantitative estimate of drug-likeness (QED) is 0.532. The molecule has 1 aromatic rings. The molecule has 0 N–H and O–H groups in total. The van der Waals surface area contributed by atoms with E-state index in [1.807, 2.05) is 4.90 Å². The van der Waals surface area contributed by atoms with Gasteiger partial charge in [0.2, 0.25) is 5.91 Å². The van der Waals surface area contributed by atoms with Gasteiger partial charge in [0.25, 0.3) is 5.91 Å². The number of carbonyl (C=O) groups excluding carboxylic acids is 3. The Kier molecular flexibility index (Phi) is 7.12. The molecule has 0 aromatic heterocycles. The van der Waals surface area contributed by atoms with Gasteiger partial charge in [-0.05, 0) is 44.6 Å². The van der Waals surface area contributed by atoms with Crippen molar-refractivity contribution in [2.45, 2.75) is 51.0 Å². The molecule has 1 aliphatic heterocycles. The fraction of sp³-hybridized carbons (Fsp3) is 0.542. The number of methoxy groups -OCH3 is 2. The van der Waals surface area contributed by atoms with E-state index in [0.717, 1.165) is 44.2 Å². The number of esters is 1. The van der Waals surface area contributed by atoms with Crippen molar-refractivity contribution in [2.24, 2.45) is 5.92 Å². The molecule has 0 bridgehead atoms. The molecule has 9 heteroatoms. The SMILES string of the molecule is COc1cc(OC)c(N2CC(C(=O)OCC(=O)N(C3=CCCCC3)C3CC3)CC2=O)cc1Cl. The minimum Gasteiger partial charge on any atom is -0.495 e. The first-order valence-electron chi connectivity index (χ1n) is 11.3. The Balaban J connectivity index is 1.39. The van der Waals surface area contributed by atoms with Gasteiger partial charge >= 0.3 is 5.97 Å².